The van der Waals surface area contributed by atoms with Gasteiger partial charge in [0.15, 0.2) is 0 Å². The molecule has 0 aromatic heterocycles. The zero-order valence-electron chi connectivity index (χ0n) is 11.6. The first kappa shape index (κ1) is 16.2. The molecule has 0 saturated carbocycles. The molecule has 0 spiro atoms. The summed E-state index contributed by atoms with van der Waals surface area (Å²) < 4.78 is 0. The van der Waals surface area contributed by atoms with Gasteiger partial charge >= 0.3 is 0 Å². The fourth-order valence-electron chi connectivity index (χ4n) is 1.50. The van der Waals surface area contributed by atoms with Crippen molar-refractivity contribution in [2.45, 2.75) is 65.7 Å². The molecule has 0 fully saturated rings. The Morgan fingerprint density at radius 3 is 2.41 bits per heavy atom. The maximum Gasteiger partial charge on any atom is 0.260 e. The van der Waals surface area contributed by atoms with Crippen LogP contribution in [0.1, 0.15) is 65.7 Å². The first-order valence-corrected chi connectivity index (χ1v) is 6.92. The van der Waals surface area contributed by atoms with Crippen LogP contribution in [0.5, 0.6) is 0 Å². The Hall–Kier alpha value is -0.830. The maximum absolute atomic E-state index is 11.6. The van der Waals surface area contributed by atoms with E-state index in [9.17, 15) is 4.79 Å². The van der Waals surface area contributed by atoms with Gasteiger partial charge in [0.2, 0.25) is 0 Å². The standard InChI is InChI=1S/C14H28N2O/c1-4-6-8-10-12-15-16-14(17)13(3)11-9-7-5-2/h11,15H,4-10,12H2,1-3H3,(H,16,17). The highest BCUT2D eigenvalue weighted by Crippen LogP contribution is 2.00. The highest BCUT2D eigenvalue weighted by molar-refractivity contribution is 5.92. The summed E-state index contributed by atoms with van der Waals surface area (Å²) in [6.45, 7) is 7.07. The van der Waals surface area contributed by atoms with E-state index in [1.165, 1.54) is 25.7 Å². The predicted octanol–water partition coefficient (Wildman–Crippen LogP) is 3.32. The molecule has 0 bridgehead atoms. The summed E-state index contributed by atoms with van der Waals surface area (Å²) >= 11 is 0. The lowest BCUT2D eigenvalue weighted by atomic mass is 10.2. The Balaban J connectivity index is 3.53. The molecule has 100 valence electrons. The van der Waals surface area contributed by atoms with Gasteiger partial charge in [-0.05, 0) is 19.8 Å². The van der Waals surface area contributed by atoms with Crippen LogP contribution in [0.2, 0.25) is 0 Å². The van der Waals surface area contributed by atoms with Gasteiger partial charge in [-0.2, -0.15) is 0 Å². The Morgan fingerprint density at radius 1 is 1.06 bits per heavy atom. The van der Waals surface area contributed by atoms with E-state index in [-0.39, 0.29) is 5.91 Å². The zero-order valence-corrected chi connectivity index (χ0v) is 11.6. The number of nitrogens with one attached hydrogen (secondary N) is 2. The smallest absolute Gasteiger partial charge is 0.260 e. The van der Waals surface area contributed by atoms with Gasteiger partial charge in [-0.15, -0.1) is 0 Å². The van der Waals surface area contributed by atoms with Crippen molar-refractivity contribution < 1.29 is 4.79 Å². The first-order chi connectivity index (χ1) is 8.22. The molecular formula is C14H28N2O. The number of allylic oxidation sites excluding steroid dienone is 1. The zero-order chi connectivity index (χ0) is 12.9. The van der Waals surface area contributed by atoms with Crippen molar-refractivity contribution in [3.05, 3.63) is 11.6 Å². The molecule has 2 N–H and O–H groups in total. The number of rotatable bonds is 10. The van der Waals surface area contributed by atoms with Gasteiger partial charge in [0.1, 0.15) is 0 Å². The molecule has 0 atom stereocenters. The predicted molar refractivity (Wildman–Crippen MR) is 73.6 cm³/mol. The van der Waals surface area contributed by atoms with Crippen molar-refractivity contribution in [2.24, 2.45) is 0 Å². The Labute approximate surface area is 106 Å². The molecule has 0 rings (SSSR count). The maximum atomic E-state index is 11.6. The van der Waals surface area contributed by atoms with Gasteiger partial charge in [0, 0.05) is 12.1 Å². The molecular weight excluding hydrogens is 212 g/mol. The molecule has 0 radical (unpaired) electrons. The quantitative estimate of drug-likeness (QED) is 0.349. The van der Waals surface area contributed by atoms with E-state index in [1.807, 2.05) is 13.0 Å². The molecule has 0 aromatic rings. The second kappa shape index (κ2) is 11.6. The van der Waals surface area contributed by atoms with Gasteiger partial charge in [-0.3, -0.25) is 10.2 Å². The number of hydrogen-bond donors (Lipinski definition) is 2. The van der Waals surface area contributed by atoms with Gasteiger partial charge in [-0.25, -0.2) is 5.43 Å². The Bertz CT molecular complexity index is 224. The van der Waals surface area contributed by atoms with Crippen molar-refractivity contribution >= 4 is 5.91 Å². The van der Waals surface area contributed by atoms with E-state index < -0.39 is 0 Å². The fourth-order valence-corrected chi connectivity index (χ4v) is 1.50. The summed E-state index contributed by atoms with van der Waals surface area (Å²) in [6, 6.07) is 0. The van der Waals surface area contributed by atoms with E-state index in [4.69, 9.17) is 0 Å². The van der Waals surface area contributed by atoms with Gasteiger partial charge in [0.05, 0.1) is 0 Å². The number of hydrazine groups is 1. The lowest BCUT2D eigenvalue weighted by Gasteiger charge is -2.07. The van der Waals surface area contributed by atoms with Crippen LogP contribution in [0.25, 0.3) is 0 Å². The van der Waals surface area contributed by atoms with E-state index in [2.05, 4.69) is 24.7 Å². The summed E-state index contributed by atoms with van der Waals surface area (Å²) in [5, 5.41) is 0. The second-order valence-electron chi connectivity index (χ2n) is 4.47. The van der Waals surface area contributed by atoms with Crippen molar-refractivity contribution in [2.75, 3.05) is 6.54 Å². The van der Waals surface area contributed by atoms with Crippen LogP contribution < -0.4 is 10.9 Å². The topological polar surface area (TPSA) is 41.1 Å². The average Bonchev–Trinajstić information content (AvgIpc) is 2.33. The molecule has 0 aliphatic rings. The van der Waals surface area contributed by atoms with Crippen molar-refractivity contribution in [1.29, 1.82) is 0 Å². The van der Waals surface area contributed by atoms with Crippen molar-refractivity contribution in [1.82, 2.24) is 10.9 Å². The van der Waals surface area contributed by atoms with Crippen LogP contribution in [-0.4, -0.2) is 12.5 Å². The van der Waals surface area contributed by atoms with E-state index in [1.54, 1.807) is 0 Å². The average molecular weight is 240 g/mol. The van der Waals surface area contributed by atoms with Crippen molar-refractivity contribution in [3.8, 4) is 0 Å². The van der Waals surface area contributed by atoms with Crippen LogP contribution >= 0.6 is 0 Å². The van der Waals surface area contributed by atoms with Crippen LogP contribution in [0.4, 0.5) is 0 Å². The normalized spacial score (nSPS) is 11.6. The molecule has 1 amide bonds. The lowest BCUT2D eigenvalue weighted by Crippen LogP contribution is -2.38. The van der Waals surface area contributed by atoms with Gasteiger partial charge < -0.3 is 0 Å². The molecule has 0 unspecified atom stereocenters. The van der Waals surface area contributed by atoms with Gasteiger partial charge in [0.25, 0.3) is 5.91 Å². The van der Waals surface area contributed by atoms with E-state index >= 15 is 0 Å². The first-order valence-electron chi connectivity index (χ1n) is 6.92. The van der Waals surface area contributed by atoms with Crippen LogP contribution in [0, 0.1) is 0 Å². The summed E-state index contributed by atoms with van der Waals surface area (Å²) in [5.41, 5.74) is 6.51. The minimum atomic E-state index is -0.00315. The molecule has 0 saturated heterocycles. The summed E-state index contributed by atoms with van der Waals surface area (Å²) in [7, 11) is 0. The number of amides is 1. The molecule has 0 aliphatic carbocycles. The highest BCUT2D eigenvalue weighted by atomic mass is 16.2. The molecule has 0 aromatic carbocycles. The highest BCUT2D eigenvalue weighted by Gasteiger charge is 2.01. The molecule has 0 heterocycles. The van der Waals surface area contributed by atoms with Gasteiger partial charge in [-0.1, -0.05) is 52.0 Å². The largest absolute Gasteiger partial charge is 0.288 e. The fraction of sp³-hybridized carbons (Fsp3) is 0.786. The summed E-state index contributed by atoms with van der Waals surface area (Å²) in [5.74, 6) is -0.00315. The third-order valence-electron chi connectivity index (χ3n) is 2.72. The summed E-state index contributed by atoms with van der Waals surface area (Å²) in [6.07, 6.45) is 10.2. The minimum absolute atomic E-state index is 0.00315. The number of carbonyl (C=O) groups excluding carboxylic acids is 1. The van der Waals surface area contributed by atoms with E-state index in [0.29, 0.717) is 0 Å². The van der Waals surface area contributed by atoms with Crippen LogP contribution in [0.3, 0.4) is 0 Å². The third kappa shape index (κ3) is 10.1. The summed E-state index contributed by atoms with van der Waals surface area (Å²) in [4.78, 5) is 11.6. The monoisotopic (exact) mass is 240 g/mol. The van der Waals surface area contributed by atoms with E-state index in [0.717, 1.165) is 31.4 Å². The minimum Gasteiger partial charge on any atom is -0.288 e. The Morgan fingerprint density at radius 2 is 1.76 bits per heavy atom. The third-order valence-corrected chi connectivity index (χ3v) is 2.72. The molecule has 3 heteroatoms. The molecule has 3 nitrogen and oxygen atoms in total. The number of unbranched alkanes of at least 4 members (excludes halogenated alkanes) is 5. The Kier molecular flexibility index (Phi) is 11.1. The van der Waals surface area contributed by atoms with Crippen LogP contribution in [-0.2, 0) is 4.79 Å². The number of carbonyl (C=O) groups is 1. The molecule has 17 heavy (non-hydrogen) atoms. The van der Waals surface area contributed by atoms with Crippen LogP contribution in [0.15, 0.2) is 11.6 Å². The second-order valence-corrected chi connectivity index (χ2v) is 4.47. The molecule has 0 aliphatic heterocycles. The number of hydrogen-bond acceptors (Lipinski definition) is 2. The SMILES string of the molecule is CCCCC=C(C)C(=O)NNCCCCCC. The lowest BCUT2D eigenvalue weighted by molar-refractivity contribution is -0.118. The van der Waals surface area contributed by atoms with Crippen molar-refractivity contribution in [3.63, 3.8) is 0 Å².